The normalized spacial score (nSPS) is 19.2. The smallest absolute Gasteiger partial charge is 0.126 e. The predicted molar refractivity (Wildman–Crippen MR) is 64.6 cm³/mol. The summed E-state index contributed by atoms with van der Waals surface area (Å²) in [4.78, 5) is 0. The van der Waals surface area contributed by atoms with Crippen molar-refractivity contribution in [3.63, 3.8) is 0 Å². The third kappa shape index (κ3) is 3.03. The van der Waals surface area contributed by atoms with Crippen molar-refractivity contribution >= 4 is 0 Å². The van der Waals surface area contributed by atoms with Crippen molar-refractivity contribution in [3.8, 4) is 0 Å². The molecule has 17 heavy (non-hydrogen) atoms. The monoisotopic (exact) mass is 239 g/mol. The Hall–Kier alpha value is -0.960. The summed E-state index contributed by atoms with van der Waals surface area (Å²) >= 11 is 0. The molecule has 0 radical (unpaired) electrons. The number of hydrogen-bond donors (Lipinski definition) is 1. The van der Waals surface area contributed by atoms with Crippen molar-refractivity contribution in [1.82, 2.24) is 0 Å². The molecule has 1 aromatic carbocycles. The third-order valence-electron chi connectivity index (χ3n) is 3.85. The van der Waals surface area contributed by atoms with Crippen molar-refractivity contribution in [2.75, 3.05) is 6.54 Å². The van der Waals surface area contributed by atoms with Gasteiger partial charge >= 0.3 is 0 Å². The van der Waals surface area contributed by atoms with Crippen LogP contribution in [0.2, 0.25) is 0 Å². The number of halogens is 2. The zero-order valence-electron chi connectivity index (χ0n) is 10.0. The lowest BCUT2D eigenvalue weighted by Crippen LogP contribution is -2.34. The molecule has 0 heterocycles. The summed E-state index contributed by atoms with van der Waals surface area (Å²) in [5, 5.41) is 0. The second-order valence-corrected chi connectivity index (χ2v) is 5.22. The molecule has 0 spiro atoms. The Balaban J connectivity index is 2.17. The van der Waals surface area contributed by atoms with Gasteiger partial charge in [-0.15, -0.1) is 0 Å². The predicted octanol–water partition coefficient (Wildman–Crippen LogP) is 3.42. The number of hydrogen-bond acceptors (Lipinski definition) is 1. The summed E-state index contributed by atoms with van der Waals surface area (Å²) in [6, 6.07) is 3.77. The number of benzene rings is 1. The highest BCUT2D eigenvalue weighted by molar-refractivity contribution is 5.19. The van der Waals surface area contributed by atoms with E-state index < -0.39 is 11.6 Å². The molecule has 1 fully saturated rings. The molecule has 0 unspecified atom stereocenters. The van der Waals surface area contributed by atoms with Gasteiger partial charge in [-0.2, -0.15) is 0 Å². The van der Waals surface area contributed by atoms with E-state index in [1.54, 1.807) is 0 Å². The average Bonchev–Trinajstić information content (AvgIpc) is 2.29. The van der Waals surface area contributed by atoms with Crippen molar-refractivity contribution in [2.24, 2.45) is 11.1 Å². The first-order chi connectivity index (χ1) is 8.13. The van der Waals surface area contributed by atoms with E-state index in [9.17, 15) is 8.78 Å². The standard InChI is InChI=1S/C14H19F2N/c15-12-6-11(7-13(16)8-12)9-14(10-17)4-2-1-3-5-14/h6-8H,1-5,9-10,17H2. The second-order valence-electron chi connectivity index (χ2n) is 5.22. The average molecular weight is 239 g/mol. The lowest BCUT2D eigenvalue weighted by Gasteiger charge is -2.36. The van der Waals surface area contributed by atoms with Gasteiger partial charge < -0.3 is 5.73 Å². The number of rotatable bonds is 3. The molecule has 1 aliphatic rings. The summed E-state index contributed by atoms with van der Waals surface area (Å²) in [5.41, 5.74) is 6.66. The summed E-state index contributed by atoms with van der Waals surface area (Å²) in [7, 11) is 0. The van der Waals surface area contributed by atoms with Crippen LogP contribution in [0.25, 0.3) is 0 Å². The largest absolute Gasteiger partial charge is 0.330 e. The maximum Gasteiger partial charge on any atom is 0.126 e. The van der Waals surface area contributed by atoms with E-state index >= 15 is 0 Å². The molecular formula is C14H19F2N. The van der Waals surface area contributed by atoms with Crippen molar-refractivity contribution in [2.45, 2.75) is 38.5 Å². The van der Waals surface area contributed by atoms with E-state index in [4.69, 9.17) is 5.73 Å². The topological polar surface area (TPSA) is 26.0 Å². The van der Waals surface area contributed by atoms with Crippen LogP contribution in [0, 0.1) is 17.0 Å². The van der Waals surface area contributed by atoms with Crippen LogP contribution in [-0.2, 0) is 6.42 Å². The molecule has 0 amide bonds. The Morgan fingerprint density at radius 3 is 2.12 bits per heavy atom. The molecule has 1 saturated carbocycles. The fraction of sp³-hybridized carbons (Fsp3) is 0.571. The van der Waals surface area contributed by atoms with Gasteiger partial charge in [0, 0.05) is 6.07 Å². The minimum atomic E-state index is -0.497. The van der Waals surface area contributed by atoms with E-state index in [1.165, 1.54) is 31.4 Å². The molecule has 0 atom stereocenters. The van der Waals surface area contributed by atoms with Gasteiger partial charge in [0.05, 0.1) is 0 Å². The van der Waals surface area contributed by atoms with Gasteiger partial charge in [-0.25, -0.2) is 8.78 Å². The Bertz CT molecular complexity index is 364. The third-order valence-corrected chi connectivity index (χ3v) is 3.85. The molecule has 0 bridgehead atoms. The Kier molecular flexibility index (Phi) is 3.77. The zero-order chi connectivity index (χ0) is 12.3. The molecule has 1 nitrogen and oxygen atoms in total. The van der Waals surface area contributed by atoms with Gasteiger partial charge in [0.1, 0.15) is 11.6 Å². The van der Waals surface area contributed by atoms with Crippen LogP contribution >= 0.6 is 0 Å². The van der Waals surface area contributed by atoms with Gasteiger partial charge in [0.25, 0.3) is 0 Å². The van der Waals surface area contributed by atoms with E-state index in [1.807, 2.05) is 0 Å². The molecule has 2 N–H and O–H groups in total. The SMILES string of the molecule is NCC1(Cc2cc(F)cc(F)c2)CCCCC1. The fourth-order valence-corrected chi connectivity index (χ4v) is 2.90. The molecule has 0 saturated heterocycles. The zero-order valence-corrected chi connectivity index (χ0v) is 10.0. The van der Waals surface area contributed by atoms with Crippen LogP contribution < -0.4 is 5.73 Å². The van der Waals surface area contributed by atoms with Crippen LogP contribution in [0.15, 0.2) is 18.2 Å². The van der Waals surface area contributed by atoms with Gasteiger partial charge in [-0.3, -0.25) is 0 Å². The van der Waals surface area contributed by atoms with Gasteiger partial charge in [-0.05, 0) is 48.9 Å². The molecule has 1 aliphatic carbocycles. The Morgan fingerprint density at radius 2 is 1.59 bits per heavy atom. The molecule has 94 valence electrons. The molecule has 0 aliphatic heterocycles. The van der Waals surface area contributed by atoms with Crippen molar-refractivity contribution < 1.29 is 8.78 Å². The van der Waals surface area contributed by atoms with E-state index in [0.717, 1.165) is 24.5 Å². The van der Waals surface area contributed by atoms with Crippen molar-refractivity contribution in [1.29, 1.82) is 0 Å². The Labute approximate surface area is 101 Å². The summed E-state index contributed by atoms with van der Waals surface area (Å²) in [5.74, 6) is -0.994. The molecule has 0 aromatic heterocycles. The molecule has 2 rings (SSSR count). The summed E-state index contributed by atoms with van der Waals surface area (Å²) in [6.07, 6.45) is 6.44. The van der Waals surface area contributed by atoms with Gasteiger partial charge in [0.2, 0.25) is 0 Å². The second kappa shape index (κ2) is 5.13. The quantitative estimate of drug-likeness (QED) is 0.859. The van der Waals surface area contributed by atoms with Gasteiger partial charge in [-0.1, -0.05) is 19.3 Å². The van der Waals surface area contributed by atoms with Crippen LogP contribution in [0.3, 0.4) is 0 Å². The van der Waals surface area contributed by atoms with Crippen LogP contribution in [0.5, 0.6) is 0 Å². The molecular weight excluding hydrogens is 220 g/mol. The Morgan fingerprint density at radius 1 is 1.00 bits per heavy atom. The highest BCUT2D eigenvalue weighted by atomic mass is 19.1. The van der Waals surface area contributed by atoms with Crippen LogP contribution in [-0.4, -0.2) is 6.54 Å². The van der Waals surface area contributed by atoms with Crippen LogP contribution in [0.1, 0.15) is 37.7 Å². The minimum Gasteiger partial charge on any atom is -0.330 e. The minimum absolute atomic E-state index is 0.0541. The van der Waals surface area contributed by atoms with Crippen LogP contribution in [0.4, 0.5) is 8.78 Å². The van der Waals surface area contributed by atoms with E-state index in [-0.39, 0.29) is 5.41 Å². The number of nitrogens with two attached hydrogens (primary N) is 1. The first-order valence-corrected chi connectivity index (χ1v) is 6.29. The fourth-order valence-electron chi connectivity index (χ4n) is 2.90. The van der Waals surface area contributed by atoms with Crippen molar-refractivity contribution in [3.05, 3.63) is 35.4 Å². The first-order valence-electron chi connectivity index (χ1n) is 6.29. The summed E-state index contributed by atoms with van der Waals surface area (Å²) < 4.78 is 26.3. The highest BCUT2D eigenvalue weighted by Crippen LogP contribution is 2.38. The first kappa shape index (κ1) is 12.5. The lowest BCUT2D eigenvalue weighted by atomic mass is 9.70. The molecule has 1 aromatic rings. The lowest BCUT2D eigenvalue weighted by molar-refractivity contribution is 0.197. The highest BCUT2D eigenvalue weighted by Gasteiger charge is 2.30. The van der Waals surface area contributed by atoms with E-state index in [2.05, 4.69) is 0 Å². The maximum atomic E-state index is 13.1. The summed E-state index contributed by atoms with van der Waals surface area (Å²) in [6.45, 7) is 0.602. The molecule has 3 heteroatoms. The maximum absolute atomic E-state index is 13.1. The van der Waals surface area contributed by atoms with E-state index in [0.29, 0.717) is 13.0 Å². The van der Waals surface area contributed by atoms with Gasteiger partial charge in [0.15, 0.2) is 0 Å².